The number of aromatic carboxylic acids is 1. The molecule has 0 bridgehead atoms. The summed E-state index contributed by atoms with van der Waals surface area (Å²) in [6.07, 6.45) is 0. The highest BCUT2D eigenvalue weighted by atomic mass is 19.1. The predicted molar refractivity (Wildman–Crippen MR) is 68.1 cm³/mol. The number of carbonyl (C=O) groups is 1. The molecule has 0 fully saturated rings. The van der Waals surface area contributed by atoms with Gasteiger partial charge >= 0.3 is 5.97 Å². The van der Waals surface area contributed by atoms with E-state index in [-0.39, 0.29) is 11.3 Å². The van der Waals surface area contributed by atoms with Crippen molar-refractivity contribution < 1.29 is 14.3 Å². The van der Waals surface area contributed by atoms with Crippen LogP contribution in [0.15, 0.2) is 24.3 Å². The SMILES string of the molecule is Cc1cc(Nc2ccc(C(=O)O)cc2F)nc(C)n1. The summed E-state index contributed by atoms with van der Waals surface area (Å²) in [6.45, 7) is 3.55. The van der Waals surface area contributed by atoms with E-state index in [1.54, 1.807) is 13.0 Å². The Bertz CT molecular complexity index is 624. The van der Waals surface area contributed by atoms with Gasteiger partial charge in [0.2, 0.25) is 0 Å². The largest absolute Gasteiger partial charge is 0.478 e. The predicted octanol–water partition coefficient (Wildman–Crippen LogP) is 2.67. The molecule has 0 radical (unpaired) electrons. The van der Waals surface area contributed by atoms with Gasteiger partial charge in [0.15, 0.2) is 0 Å². The molecule has 2 N–H and O–H groups in total. The Morgan fingerprint density at radius 1 is 1.26 bits per heavy atom. The van der Waals surface area contributed by atoms with Crippen LogP contribution in [0.2, 0.25) is 0 Å². The quantitative estimate of drug-likeness (QED) is 0.888. The molecule has 0 aliphatic rings. The first kappa shape index (κ1) is 12.9. The molecule has 0 atom stereocenters. The van der Waals surface area contributed by atoms with E-state index in [0.29, 0.717) is 11.6 Å². The number of anilines is 2. The molecule has 0 amide bonds. The van der Waals surface area contributed by atoms with E-state index in [9.17, 15) is 9.18 Å². The van der Waals surface area contributed by atoms with Gasteiger partial charge < -0.3 is 10.4 Å². The van der Waals surface area contributed by atoms with Gasteiger partial charge in [-0.3, -0.25) is 0 Å². The topological polar surface area (TPSA) is 75.1 Å². The van der Waals surface area contributed by atoms with E-state index in [0.717, 1.165) is 11.8 Å². The molecule has 0 spiro atoms. The van der Waals surface area contributed by atoms with Gasteiger partial charge in [0.05, 0.1) is 11.3 Å². The number of aromatic nitrogens is 2. The van der Waals surface area contributed by atoms with Crippen LogP contribution in [0, 0.1) is 19.7 Å². The van der Waals surface area contributed by atoms with E-state index in [4.69, 9.17) is 5.11 Å². The Hall–Kier alpha value is -2.50. The highest BCUT2D eigenvalue weighted by Gasteiger charge is 2.09. The maximum absolute atomic E-state index is 13.7. The molecule has 0 aliphatic carbocycles. The molecule has 6 heteroatoms. The van der Waals surface area contributed by atoms with Crippen LogP contribution in [0.25, 0.3) is 0 Å². The van der Waals surface area contributed by atoms with Gasteiger partial charge in [-0.25, -0.2) is 19.2 Å². The van der Waals surface area contributed by atoms with E-state index in [1.807, 2.05) is 6.92 Å². The van der Waals surface area contributed by atoms with Crippen LogP contribution in [0.1, 0.15) is 21.9 Å². The van der Waals surface area contributed by atoms with Gasteiger partial charge in [-0.15, -0.1) is 0 Å². The second kappa shape index (κ2) is 5.01. The minimum absolute atomic E-state index is 0.0990. The van der Waals surface area contributed by atoms with Crippen molar-refractivity contribution in [3.63, 3.8) is 0 Å². The first-order chi connectivity index (χ1) is 8.95. The lowest BCUT2D eigenvalue weighted by molar-refractivity contribution is 0.0696. The fourth-order valence-corrected chi connectivity index (χ4v) is 1.67. The standard InChI is InChI=1S/C13H12FN3O2/c1-7-5-12(16-8(2)15-7)17-11-4-3-9(13(18)19)6-10(11)14/h3-6H,1-2H3,(H,18,19)(H,15,16,17). The average Bonchev–Trinajstić information content (AvgIpc) is 2.30. The summed E-state index contributed by atoms with van der Waals surface area (Å²) < 4.78 is 13.7. The van der Waals surface area contributed by atoms with Crippen molar-refractivity contribution >= 4 is 17.5 Å². The second-order valence-electron chi connectivity index (χ2n) is 4.07. The van der Waals surface area contributed by atoms with Gasteiger partial charge in [0.25, 0.3) is 0 Å². The summed E-state index contributed by atoms with van der Waals surface area (Å²) in [4.78, 5) is 18.9. The molecule has 0 unspecified atom stereocenters. The van der Waals surface area contributed by atoms with Crippen LogP contribution in [0.5, 0.6) is 0 Å². The van der Waals surface area contributed by atoms with Crippen molar-refractivity contribution in [3.8, 4) is 0 Å². The van der Waals surface area contributed by atoms with Gasteiger partial charge in [-0.2, -0.15) is 0 Å². The van der Waals surface area contributed by atoms with Crippen LogP contribution in [-0.2, 0) is 0 Å². The number of aryl methyl sites for hydroxylation is 2. The summed E-state index contributed by atoms with van der Waals surface area (Å²) in [7, 11) is 0. The van der Waals surface area contributed by atoms with Crippen LogP contribution in [0.3, 0.4) is 0 Å². The lowest BCUT2D eigenvalue weighted by Gasteiger charge is -2.08. The van der Waals surface area contributed by atoms with E-state index >= 15 is 0 Å². The fourth-order valence-electron chi connectivity index (χ4n) is 1.67. The number of halogens is 1. The molecule has 5 nitrogen and oxygen atoms in total. The van der Waals surface area contributed by atoms with Gasteiger partial charge in [-0.05, 0) is 32.0 Å². The zero-order valence-electron chi connectivity index (χ0n) is 10.4. The molecular weight excluding hydrogens is 249 g/mol. The minimum atomic E-state index is -1.17. The lowest BCUT2D eigenvalue weighted by atomic mass is 10.2. The molecule has 0 aliphatic heterocycles. The summed E-state index contributed by atoms with van der Waals surface area (Å²) in [5.41, 5.74) is 0.832. The van der Waals surface area contributed by atoms with Gasteiger partial charge in [0, 0.05) is 11.8 Å². The molecular formula is C13H12FN3O2. The van der Waals surface area contributed by atoms with Crippen molar-refractivity contribution in [2.45, 2.75) is 13.8 Å². The minimum Gasteiger partial charge on any atom is -0.478 e. The zero-order chi connectivity index (χ0) is 14.0. The molecule has 0 saturated carbocycles. The highest BCUT2D eigenvalue weighted by molar-refractivity contribution is 5.88. The van der Waals surface area contributed by atoms with E-state index < -0.39 is 11.8 Å². The number of carboxylic acids is 1. The third-order valence-corrected chi connectivity index (χ3v) is 2.44. The Balaban J connectivity index is 2.30. The van der Waals surface area contributed by atoms with Crippen LogP contribution in [0.4, 0.5) is 15.9 Å². The summed E-state index contributed by atoms with van der Waals surface area (Å²) in [5.74, 6) is -0.773. The first-order valence-corrected chi connectivity index (χ1v) is 5.58. The molecule has 1 aromatic carbocycles. The highest BCUT2D eigenvalue weighted by Crippen LogP contribution is 2.20. The summed E-state index contributed by atoms with van der Waals surface area (Å²) in [5, 5.41) is 11.6. The lowest BCUT2D eigenvalue weighted by Crippen LogP contribution is -2.02. The normalized spacial score (nSPS) is 10.3. The number of benzene rings is 1. The van der Waals surface area contributed by atoms with Crippen LogP contribution in [-0.4, -0.2) is 21.0 Å². The molecule has 1 heterocycles. The fraction of sp³-hybridized carbons (Fsp3) is 0.154. The van der Waals surface area contributed by atoms with Crippen molar-refractivity contribution in [1.29, 1.82) is 0 Å². The van der Waals surface area contributed by atoms with Crippen molar-refractivity contribution in [2.75, 3.05) is 5.32 Å². The maximum Gasteiger partial charge on any atom is 0.335 e. The number of hydrogen-bond donors (Lipinski definition) is 2. The monoisotopic (exact) mass is 261 g/mol. The number of nitrogens with one attached hydrogen (secondary N) is 1. The van der Waals surface area contributed by atoms with Crippen molar-refractivity contribution in [2.24, 2.45) is 0 Å². The van der Waals surface area contributed by atoms with E-state index in [1.165, 1.54) is 12.1 Å². The average molecular weight is 261 g/mol. The summed E-state index contributed by atoms with van der Waals surface area (Å²) in [6, 6.07) is 5.34. The second-order valence-corrected chi connectivity index (χ2v) is 4.07. The first-order valence-electron chi connectivity index (χ1n) is 5.58. The number of hydrogen-bond acceptors (Lipinski definition) is 4. The Kier molecular flexibility index (Phi) is 3.41. The molecule has 1 aromatic heterocycles. The maximum atomic E-state index is 13.7. The third-order valence-electron chi connectivity index (χ3n) is 2.44. The number of rotatable bonds is 3. The van der Waals surface area contributed by atoms with Gasteiger partial charge in [0.1, 0.15) is 17.5 Å². The molecule has 0 saturated heterocycles. The van der Waals surface area contributed by atoms with Crippen LogP contribution >= 0.6 is 0 Å². The Morgan fingerprint density at radius 3 is 2.58 bits per heavy atom. The zero-order valence-corrected chi connectivity index (χ0v) is 10.4. The molecule has 19 heavy (non-hydrogen) atoms. The third kappa shape index (κ3) is 3.04. The van der Waals surface area contributed by atoms with Gasteiger partial charge in [-0.1, -0.05) is 0 Å². The molecule has 2 rings (SSSR count). The Labute approximate surface area is 109 Å². The smallest absolute Gasteiger partial charge is 0.335 e. The number of nitrogens with zero attached hydrogens (tertiary/aromatic N) is 2. The number of carboxylic acid groups (broad SMARTS) is 1. The van der Waals surface area contributed by atoms with Crippen molar-refractivity contribution in [3.05, 3.63) is 47.2 Å². The Morgan fingerprint density at radius 2 is 2.00 bits per heavy atom. The molecule has 2 aromatic rings. The van der Waals surface area contributed by atoms with E-state index in [2.05, 4.69) is 15.3 Å². The molecule has 98 valence electrons. The van der Waals surface area contributed by atoms with Crippen molar-refractivity contribution in [1.82, 2.24) is 9.97 Å². The van der Waals surface area contributed by atoms with Crippen LogP contribution < -0.4 is 5.32 Å². The summed E-state index contributed by atoms with van der Waals surface area (Å²) >= 11 is 0.